The lowest BCUT2D eigenvalue weighted by atomic mass is 10.3. The predicted octanol–water partition coefficient (Wildman–Crippen LogP) is 2.81. The summed E-state index contributed by atoms with van der Waals surface area (Å²) < 4.78 is 28.9. The van der Waals surface area contributed by atoms with Crippen LogP contribution in [0.15, 0.2) is 29.2 Å². The van der Waals surface area contributed by atoms with Crippen LogP contribution >= 0.6 is 11.3 Å². The highest BCUT2D eigenvalue weighted by Gasteiger charge is 2.30. The van der Waals surface area contributed by atoms with Crippen molar-refractivity contribution in [2.45, 2.75) is 31.6 Å². The summed E-state index contributed by atoms with van der Waals surface area (Å²) in [6.07, 6.45) is 2.39. The molecule has 10 heteroatoms. The summed E-state index contributed by atoms with van der Waals surface area (Å²) in [5, 5.41) is 0.937. The zero-order valence-electron chi connectivity index (χ0n) is 17.8. The fourth-order valence-corrected chi connectivity index (χ4v) is 6.68. The summed E-state index contributed by atoms with van der Waals surface area (Å²) in [4.78, 5) is 18.5. The van der Waals surface area contributed by atoms with Crippen LogP contribution in [-0.2, 0) is 10.0 Å². The van der Waals surface area contributed by atoms with Crippen LogP contribution in [0.25, 0.3) is 10.2 Å². The van der Waals surface area contributed by atoms with Crippen molar-refractivity contribution >= 4 is 43.2 Å². The number of thiazole rings is 1. The Hall–Kier alpha value is -2.30. The molecule has 0 unspecified atom stereocenters. The van der Waals surface area contributed by atoms with Crippen LogP contribution in [0.1, 0.15) is 23.7 Å². The number of hydrogen-bond acceptors (Lipinski definition) is 8. The molecular formula is C21H26N6O2S2. The highest BCUT2D eigenvalue weighted by molar-refractivity contribution is 7.89. The van der Waals surface area contributed by atoms with E-state index >= 15 is 0 Å². The fraction of sp³-hybridized carbons (Fsp3) is 0.476. The average molecular weight is 459 g/mol. The molecule has 0 atom stereocenters. The number of fused-ring (bicyclic) bond motifs is 1. The number of rotatable bonds is 4. The first-order valence-electron chi connectivity index (χ1n) is 10.6. The third kappa shape index (κ3) is 3.99. The van der Waals surface area contributed by atoms with E-state index in [2.05, 4.69) is 24.8 Å². The Bertz CT molecular complexity index is 1210. The van der Waals surface area contributed by atoms with Crippen molar-refractivity contribution in [3.8, 4) is 0 Å². The van der Waals surface area contributed by atoms with E-state index in [-0.39, 0.29) is 0 Å². The van der Waals surface area contributed by atoms with Gasteiger partial charge in [0, 0.05) is 45.3 Å². The Balaban J connectivity index is 1.32. The van der Waals surface area contributed by atoms with Crippen LogP contribution in [0.5, 0.6) is 0 Å². The van der Waals surface area contributed by atoms with Crippen molar-refractivity contribution in [1.82, 2.24) is 19.3 Å². The lowest BCUT2D eigenvalue weighted by Gasteiger charge is -2.35. The van der Waals surface area contributed by atoms with Crippen molar-refractivity contribution in [3.63, 3.8) is 0 Å². The third-order valence-electron chi connectivity index (χ3n) is 5.91. The van der Waals surface area contributed by atoms with Crippen LogP contribution in [0.2, 0.25) is 0 Å². The minimum atomic E-state index is -3.53. The number of hydrogen-bond donors (Lipinski definition) is 0. The molecule has 5 rings (SSSR count). The molecule has 31 heavy (non-hydrogen) atoms. The lowest BCUT2D eigenvalue weighted by molar-refractivity contribution is 0.383. The first-order valence-corrected chi connectivity index (χ1v) is 12.9. The minimum Gasteiger partial charge on any atom is -0.356 e. The number of anilines is 2. The molecule has 164 valence electrons. The molecule has 4 heterocycles. The van der Waals surface area contributed by atoms with Gasteiger partial charge in [0.15, 0.2) is 0 Å². The highest BCUT2D eigenvalue weighted by Crippen LogP contribution is 2.28. The van der Waals surface area contributed by atoms with Crippen LogP contribution in [0.3, 0.4) is 0 Å². The zero-order valence-corrected chi connectivity index (χ0v) is 19.4. The maximum Gasteiger partial charge on any atom is 0.243 e. The van der Waals surface area contributed by atoms with Crippen LogP contribution in [0, 0.1) is 13.8 Å². The van der Waals surface area contributed by atoms with Gasteiger partial charge in [-0.3, -0.25) is 0 Å². The maximum absolute atomic E-state index is 13.2. The van der Waals surface area contributed by atoms with Gasteiger partial charge in [-0.1, -0.05) is 0 Å². The molecule has 0 bridgehead atoms. The Morgan fingerprint density at radius 1 is 0.839 bits per heavy atom. The first-order chi connectivity index (χ1) is 14.9. The quantitative estimate of drug-likeness (QED) is 0.594. The van der Waals surface area contributed by atoms with Gasteiger partial charge in [-0.15, -0.1) is 11.3 Å². The van der Waals surface area contributed by atoms with Gasteiger partial charge < -0.3 is 9.80 Å². The van der Waals surface area contributed by atoms with Crippen LogP contribution < -0.4 is 9.80 Å². The molecule has 1 aromatic carbocycles. The second-order valence-electron chi connectivity index (χ2n) is 8.08. The molecule has 2 aliphatic rings. The molecule has 0 radical (unpaired) electrons. The van der Waals surface area contributed by atoms with Crippen molar-refractivity contribution in [2.75, 3.05) is 49.1 Å². The Labute approximate surface area is 186 Å². The topological polar surface area (TPSA) is 82.5 Å². The maximum atomic E-state index is 13.2. The highest BCUT2D eigenvalue weighted by atomic mass is 32.2. The van der Waals surface area contributed by atoms with Gasteiger partial charge in [-0.2, -0.15) is 4.31 Å². The molecular weight excluding hydrogens is 432 g/mol. The number of sulfonamides is 1. The summed E-state index contributed by atoms with van der Waals surface area (Å²) in [5.74, 6) is 2.61. The largest absolute Gasteiger partial charge is 0.356 e. The first kappa shape index (κ1) is 20.6. The van der Waals surface area contributed by atoms with Crippen molar-refractivity contribution in [3.05, 3.63) is 35.1 Å². The molecule has 2 aliphatic heterocycles. The van der Waals surface area contributed by atoms with Crippen LogP contribution in [0.4, 0.5) is 11.6 Å². The molecule has 3 aromatic rings. The number of aromatic nitrogens is 3. The molecule has 2 saturated heterocycles. The molecule has 0 spiro atoms. The number of benzene rings is 1. The fourth-order valence-electron chi connectivity index (χ4n) is 4.29. The second-order valence-corrected chi connectivity index (χ2v) is 11.3. The van der Waals surface area contributed by atoms with Gasteiger partial charge in [0.2, 0.25) is 10.0 Å². The number of piperazine rings is 1. The smallest absolute Gasteiger partial charge is 0.243 e. The van der Waals surface area contributed by atoms with E-state index in [0.29, 0.717) is 31.1 Å². The summed E-state index contributed by atoms with van der Waals surface area (Å²) >= 11 is 1.52. The summed E-state index contributed by atoms with van der Waals surface area (Å²) in [6.45, 7) is 8.00. The van der Waals surface area contributed by atoms with Gasteiger partial charge in [0.25, 0.3) is 0 Å². The summed E-state index contributed by atoms with van der Waals surface area (Å²) in [7, 11) is -3.53. The SMILES string of the molecule is Cc1nc(N2CCCC2)cc(N2CCN(S(=O)(=O)c3ccc4nc(C)sc4c3)CC2)n1. The van der Waals surface area contributed by atoms with E-state index < -0.39 is 10.0 Å². The molecule has 0 aliphatic carbocycles. The normalized spacial score (nSPS) is 18.3. The Kier molecular flexibility index (Phi) is 5.31. The molecule has 0 N–H and O–H groups in total. The van der Waals surface area contributed by atoms with Gasteiger partial charge in [0.1, 0.15) is 17.5 Å². The second kappa shape index (κ2) is 7.99. The minimum absolute atomic E-state index is 0.339. The third-order valence-corrected chi connectivity index (χ3v) is 8.74. The molecule has 8 nitrogen and oxygen atoms in total. The molecule has 0 saturated carbocycles. The van der Waals surface area contributed by atoms with E-state index in [9.17, 15) is 8.42 Å². The van der Waals surface area contributed by atoms with Gasteiger partial charge >= 0.3 is 0 Å². The van der Waals surface area contributed by atoms with E-state index in [1.54, 1.807) is 22.5 Å². The molecule has 0 amide bonds. The van der Waals surface area contributed by atoms with E-state index in [0.717, 1.165) is 45.8 Å². The van der Waals surface area contributed by atoms with Gasteiger partial charge in [-0.05, 0) is 44.9 Å². The number of aryl methyl sites for hydroxylation is 2. The molecule has 2 aromatic heterocycles. The lowest BCUT2D eigenvalue weighted by Crippen LogP contribution is -2.49. The number of nitrogens with zero attached hydrogens (tertiary/aromatic N) is 6. The van der Waals surface area contributed by atoms with Crippen LogP contribution in [-0.4, -0.2) is 66.9 Å². The summed E-state index contributed by atoms with van der Waals surface area (Å²) in [5.41, 5.74) is 0.846. The van der Waals surface area contributed by atoms with Crippen molar-refractivity contribution in [1.29, 1.82) is 0 Å². The average Bonchev–Trinajstić information content (AvgIpc) is 3.42. The molecule has 2 fully saturated rings. The van der Waals surface area contributed by atoms with E-state index in [1.165, 1.54) is 24.2 Å². The summed E-state index contributed by atoms with van der Waals surface area (Å²) in [6, 6.07) is 7.26. The standard InChI is InChI=1S/C21H26N6O2S2/c1-15-22-20(25-7-3-4-8-25)14-21(23-15)26-9-11-27(12-10-26)31(28,29)17-5-6-18-19(13-17)30-16(2)24-18/h5-6,13-14H,3-4,7-12H2,1-2H3. The monoisotopic (exact) mass is 458 g/mol. The predicted molar refractivity (Wildman–Crippen MR) is 124 cm³/mol. The Morgan fingerprint density at radius 2 is 1.48 bits per heavy atom. The van der Waals surface area contributed by atoms with E-state index in [1.807, 2.05) is 19.9 Å². The Morgan fingerprint density at radius 3 is 2.16 bits per heavy atom. The van der Waals surface area contributed by atoms with Gasteiger partial charge in [-0.25, -0.2) is 23.4 Å². The van der Waals surface area contributed by atoms with Crippen molar-refractivity contribution in [2.24, 2.45) is 0 Å². The zero-order chi connectivity index (χ0) is 21.6. The van der Waals surface area contributed by atoms with Gasteiger partial charge in [0.05, 0.1) is 20.1 Å². The van der Waals surface area contributed by atoms with E-state index in [4.69, 9.17) is 0 Å². The van der Waals surface area contributed by atoms with Crippen molar-refractivity contribution < 1.29 is 8.42 Å².